The maximum Gasteiger partial charge on any atom is 0.267 e. The van der Waals surface area contributed by atoms with Gasteiger partial charge in [-0.25, -0.2) is 8.42 Å². The largest absolute Gasteiger partial charge is 0.356 e. The number of piperidine rings is 1. The number of aromatic nitrogens is 1. The Bertz CT molecular complexity index is 713. The van der Waals surface area contributed by atoms with Gasteiger partial charge >= 0.3 is 0 Å². The standard InChI is InChI=1S/C17H28N4O3S2/c1-14-4-2-3-6-20(14)7-5-18-17(22)16-12-15(13-19-16)26(23,24)21-8-10-25-11-9-21/h12-14,19H,2-11H2,1H3,(H,18,22). The summed E-state index contributed by atoms with van der Waals surface area (Å²) in [5.74, 6) is 1.36. The lowest BCUT2D eigenvalue weighted by Crippen LogP contribution is -2.42. The number of amides is 1. The number of nitrogens with zero attached hydrogens (tertiary/aromatic N) is 2. The molecule has 3 rings (SSSR count). The maximum atomic E-state index is 12.6. The highest BCUT2D eigenvalue weighted by atomic mass is 32.2. The molecule has 0 aromatic carbocycles. The molecule has 2 aliphatic heterocycles. The molecule has 26 heavy (non-hydrogen) atoms. The number of sulfonamides is 1. The summed E-state index contributed by atoms with van der Waals surface area (Å²) in [6.45, 7) is 5.73. The van der Waals surface area contributed by atoms with Crippen molar-refractivity contribution in [1.29, 1.82) is 0 Å². The van der Waals surface area contributed by atoms with Crippen LogP contribution in [0.2, 0.25) is 0 Å². The normalized spacial score (nSPS) is 23.0. The van der Waals surface area contributed by atoms with Gasteiger partial charge in [-0.05, 0) is 32.4 Å². The lowest BCUT2D eigenvalue weighted by atomic mass is 10.0. The summed E-state index contributed by atoms with van der Waals surface area (Å²) >= 11 is 1.76. The van der Waals surface area contributed by atoms with Crippen molar-refractivity contribution in [3.63, 3.8) is 0 Å². The van der Waals surface area contributed by atoms with Crippen LogP contribution < -0.4 is 5.32 Å². The average molecular weight is 401 g/mol. The molecule has 1 amide bonds. The first kappa shape index (κ1) is 19.7. The molecule has 0 radical (unpaired) electrons. The molecule has 3 heterocycles. The van der Waals surface area contributed by atoms with Crippen molar-refractivity contribution in [1.82, 2.24) is 19.5 Å². The van der Waals surface area contributed by atoms with Gasteiger partial charge in [0.15, 0.2) is 0 Å². The van der Waals surface area contributed by atoms with Crippen LogP contribution in [0.4, 0.5) is 0 Å². The number of rotatable bonds is 6. The molecule has 2 saturated heterocycles. The number of hydrogen-bond acceptors (Lipinski definition) is 5. The Morgan fingerprint density at radius 3 is 2.81 bits per heavy atom. The quantitative estimate of drug-likeness (QED) is 0.753. The van der Waals surface area contributed by atoms with Crippen LogP contribution in [0.25, 0.3) is 0 Å². The second-order valence-electron chi connectivity index (χ2n) is 6.90. The first-order valence-corrected chi connectivity index (χ1v) is 11.9. The summed E-state index contributed by atoms with van der Waals surface area (Å²) in [7, 11) is -3.52. The minimum absolute atomic E-state index is 0.166. The van der Waals surface area contributed by atoms with E-state index in [-0.39, 0.29) is 10.8 Å². The highest BCUT2D eigenvalue weighted by Crippen LogP contribution is 2.21. The van der Waals surface area contributed by atoms with Crippen LogP contribution in [0.5, 0.6) is 0 Å². The smallest absolute Gasteiger partial charge is 0.267 e. The molecule has 1 atom stereocenters. The van der Waals surface area contributed by atoms with Gasteiger partial charge in [0.1, 0.15) is 10.6 Å². The van der Waals surface area contributed by atoms with E-state index in [0.29, 0.717) is 31.4 Å². The summed E-state index contributed by atoms with van der Waals surface area (Å²) in [5, 5.41) is 2.89. The molecule has 146 valence electrons. The van der Waals surface area contributed by atoms with Gasteiger partial charge in [0.25, 0.3) is 5.91 Å². The van der Waals surface area contributed by atoms with Crippen molar-refractivity contribution in [2.75, 3.05) is 44.2 Å². The number of aromatic amines is 1. The lowest BCUT2D eigenvalue weighted by Gasteiger charge is -2.33. The zero-order valence-corrected chi connectivity index (χ0v) is 16.9. The summed E-state index contributed by atoms with van der Waals surface area (Å²) in [5.41, 5.74) is 0.293. The highest BCUT2D eigenvalue weighted by Gasteiger charge is 2.27. The first-order valence-electron chi connectivity index (χ1n) is 9.27. The number of hydrogen-bond donors (Lipinski definition) is 2. The van der Waals surface area contributed by atoms with Gasteiger partial charge in [0.2, 0.25) is 10.0 Å². The molecule has 0 bridgehead atoms. The van der Waals surface area contributed by atoms with Crippen LogP contribution in [-0.2, 0) is 10.0 Å². The number of likely N-dealkylation sites (tertiary alicyclic amines) is 1. The zero-order chi connectivity index (χ0) is 18.6. The Morgan fingerprint density at radius 2 is 2.08 bits per heavy atom. The van der Waals surface area contributed by atoms with E-state index in [1.165, 1.54) is 35.8 Å². The SMILES string of the molecule is CC1CCCCN1CCNC(=O)c1cc(S(=O)(=O)N2CCSCC2)c[nH]1. The highest BCUT2D eigenvalue weighted by molar-refractivity contribution is 7.99. The number of nitrogens with one attached hydrogen (secondary N) is 2. The summed E-state index contributed by atoms with van der Waals surface area (Å²) in [6, 6.07) is 2.00. The van der Waals surface area contributed by atoms with Crippen LogP contribution in [0.1, 0.15) is 36.7 Å². The average Bonchev–Trinajstić information content (AvgIpc) is 3.15. The molecule has 9 heteroatoms. The van der Waals surface area contributed by atoms with E-state index >= 15 is 0 Å². The Hall–Kier alpha value is -1.03. The zero-order valence-electron chi connectivity index (χ0n) is 15.2. The predicted octanol–water partition coefficient (Wildman–Crippen LogP) is 1.36. The third-order valence-corrected chi connectivity index (χ3v) is 7.95. The van der Waals surface area contributed by atoms with E-state index in [4.69, 9.17) is 0 Å². The van der Waals surface area contributed by atoms with Crippen LogP contribution in [0, 0.1) is 0 Å². The fraction of sp³-hybridized carbons (Fsp3) is 0.706. The van der Waals surface area contributed by atoms with E-state index < -0.39 is 10.0 Å². The third kappa shape index (κ3) is 4.62. The Labute approximate surface area is 159 Å². The fourth-order valence-electron chi connectivity index (χ4n) is 3.49. The van der Waals surface area contributed by atoms with Crippen LogP contribution in [0.15, 0.2) is 17.2 Å². The van der Waals surface area contributed by atoms with Crippen molar-refractivity contribution in [2.45, 2.75) is 37.1 Å². The maximum absolute atomic E-state index is 12.6. The number of carbonyl (C=O) groups is 1. The van der Waals surface area contributed by atoms with Crippen LogP contribution in [0.3, 0.4) is 0 Å². The molecule has 7 nitrogen and oxygen atoms in total. The predicted molar refractivity (Wildman–Crippen MR) is 104 cm³/mol. The molecule has 0 aliphatic carbocycles. The van der Waals surface area contributed by atoms with Crippen molar-refractivity contribution in [3.8, 4) is 0 Å². The van der Waals surface area contributed by atoms with Crippen molar-refractivity contribution < 1.29 is 13.2 Å². The van der Waals surface area contributed by atoms with Crippen LogP contribution >= 0.6 is 11.8 Å². The number of thioether (sulfide) groups is 1. The molecule has 2 N–H and O–H groups in total. The van der Waals surface area contributed by atoms with E-state index in [9.17, 15) is 13.2 Å². The minimum atomic E-state index is -3.52. The topological polar surface area (TPSA) is 85.5 Å². The third-order valence-electron chi connectivity index (χ3n) is 5.13. The van der Waals surface area contributed by atoms with Gasteiger partial charge in [-0.2, -0.15) is 16.1 Å². The Kier molecular flexibility index (Phi) is 6.65. The van der Waals surface area contributed by atoms with E-state index in [1.54, 1.807) is 11.8 Å². The van der Waals surface area contributed by atoms with Gasteiger partial charge < -0.3 is 10.3 Å². The van der Waals surface area contributed by atoms with E-state index in [1.807, 2.05) is 0 Å². The molecule has 1 unspecified atom stereocenters. The fourth-order valence-corrected chi connectivity index (χ4v) is 6.06. The summed E-state index contributed by atoms with van der Waals surface area (Å²) < 4.78 is 26.8. The second kappa shape index (κ2) is 8.77. The monoisotopic (exact) mass is 400 g/mol. The molecular formula is C17H28N4O3S2. The van der Waals surface area contributed by atoms with Gasteiger partial charge in [0.05, 0.1) is 0 Å². The minimum Gasteiger partial charge on any atom is -0.356 e. The first-order chi connectivity index (χ1) is 12.5. The number of H-pyrrole nitrogens is 1. The lowest BCUT2D eigenvalue weighted by molar-refractivity contribution is 0.0934. The molecule has 0 saturated carbocycles. The second-order valence-corrected chi connectivity index (χ2v) is 10.1. The Morgan fingerprint density at radius 1 is 1.31 bits per heavy atom. The molecule has 1 aromatic heterocycles. The van der Waals surface area contributed by atoms with Gasteiger partial charge in [0, 0.05) is 49.9 Å². The summed E-state index contributed by atoms with van der Waals surface area (Å²) in [4.78, 5) is 17.7. The van der Waals surface area contributed by atoms with Gasteiger partial charge in [-0.15, -0.1) is 0 Å². The summed E-state index contributed by atoms with van der Waals surface area (Å²) in [6.07, 6.45) is 5.12. The van der Waals surface area contributed by atoms with E-state index in [0.717, 1.165) is 24.6 Å². The molecular weight excluding hydrogens is 372 g/mol. The van der Waals surface area contributed by atoms with Crippen molar-refractivity contribution in [2.24, 2.45) is 0 Å². The van der Waals surface area contributed by atoms with Crippen LogP contribution in [-0.4, -0.2) is 78.8 Å². The molecule has 2 fully saturated rings. The van der Waals surface area contributed by atoms with Gasteiger partial charge in [-0.3, -0.25) is 9.69 Å². The number of carbonyl (C=O) groups excluding carboxylic acids is 1. The Balaban J connectivity index is 1.54. The van der Waals surface area contributed by atoms with Crippen molar-refractivity contribution >= 4 is 27.7 Å². The molecule has 1 aromatic rings. The molecule has 0 spiro atoms. The molecule has 2 aliphatic rings. The van der Waals surface area contributed by atoms with Crippen molar-refractivity contribution in [3.05, 3.63) is 18.0 Å². The van der Waals surface area contributed by atoms with E-state index in [2.05, 4.69) is 22.1 Å². The van der Waals surface area contributed by atoms with Gasteiger partial charge in [-0.1, -0.05) is 6.42 Å².